The lowest BCUT2D eigenvalue weighted by Gasteiger charge is -2.32. The maximum absolute atomic E-state index is 11.9. The standard InChI is InChI=1S/C18H25BN2O4/c1-11(2)21-10-14(19-24-17(3,4)18(5,6)25-19)13-8-12(16(22)23-7)9-20-15(13)21/h8-11H,1-7H3. The van der Waals surface area contributed by atoms with Crippen molar-refractivity contribution in [2.75, 3.05) is 7.11 Å². The summed E-state index contributed by atoms with van der Waals surface area (Å²) >= 11 is 0. The molecular formula is C18H25BN2O4. The Balaban J connectivity index is 2.16. The molecule has 1 saturated heterocycles. The largest absolute Gasteiger partial charge is 0.497 e. The number of carbonyl (C=O) groups is 1. The van der Waals surface area contributed by atoms with Gasteiger partial charge in [0.1, 0.15) is 5.65 Å². The van der Waals surface area contributed by atoms with E-state index < -0.39 is 24.3 Å². The molecule has 0 radical (unpaired) electrons. The van der Waals surface area contributed by atoms with Crippen molar-refractivity contribution in [1.82, 2.24) is 9.55 Å². The number of aromatic nitrogens is 2. The molecule has 0 unspecified atom stereocenters. The lowest BCUT2D eigenvalue weighted by molar-refractivity contribution is 0.00578. The zero-order chi connectivity index (χ0) is 18.6. The van der Waals surface area contributed by atoms with Crippen molar-refractivity contribution in [2.24, 2.45) is 0 Å². The fourth-order valence-corrected chi connectivity index (χ4v) is 2.94. The maximum Gasteiger partial charge on any atom is 0.497 e. The van der Waals surface area contributed by atoms with Crippen LogP contribution in [0.25, 0.3) is 11.0 Å². The number of esters is 1. The molecule has 2 aromatic heterocycles. The van der Waals surface area contributed by atoms with Gasteiger partial charge in [0.15, 0.2) is 0 Å². The molecule has 3 heterocycles. The maximum atomic E-state index is 11.9. The van der Waals surface area contributed by atoms with Gasteiger partial charge in [-0.25, -0.2) is 9.78 Å². The molecule has 0 amide bonds. The van der Waals surface area contributed by atoms with E-state index in [2.05, 4.69) is 23.4 Å². The molecule has 0 aromatic carbocycles. The van der Waals surface area contributed by atoms with Crippen molar-refractivity contribution < 1.29 is 18.8 Å². The summed E-state index contributed by atoms with van der Waals surface area (Å²) in [6.45, 7) is 12.3. The van der Waals surface area contributed by atoms with Crippen LogP contribution in [0.1, 0.15) is 57.9 Å². The second-order valence-corrected chi connectivity index (χ2v) is 7.76. The van der Waals surface area contributed by atoms with Crippen LogP contribution in [-0.4, -0.2) is 41.0 Å². The number of fused-ring (bicyclic) bond motifs is 1. The van der Waals surface area contributed by atoms with Crippen LogP contribution in [0.3, 0.4) is 0 Å². The third-order valence-electron chi connectivity index (χ3n) is 5.19. The summed E-state index contributed by atoms with van der Waals surface area (Å²) in [6, 6.07) is 2.02. The number of pyridine rings is 1. The lowest BCUT2D eigenvalue weighted by atomic mass is 9.79. The van der Waals surface area contributed by atoms with Crippen LogP contribution < -0.4 is 5.46 Å². The number of carbonyl (C=O) groups excluding carboxylic acids is 1. The summed E-state index contributed by atoms with van der Waals surface area (Å²) in [5.74, 6) is -0.411. The Morgan fingerprint density at radius 2 is 1.84 bits per heavy atom. The molecule has 7 heteroatoms. The second kappa shape index (κ2) is 5.85. The second-order valence-electron chi connectivity index (χ2n) is 7.76. The van der Waals surface area contributed by atoms with E-state index in [4.69, 9.17) is 14.0 Å². The number of rotatable bonds is 3. The average molecular weight is 344 g/mol. The first-order valence-electron chi connectivity index (χ1n) is 8.52. The van der Waals surface area contributed by atoms with Crippen LogP contribution in [-0.2, 0) is 14.0 Å². The van der Waals surface area contributed by atoms with E-state index in [1.165, 1.54) is 7.11 Å². The molecule has 0 saturated carbocycles. The summed E-state index contributed by atoms with van der Waals surface area (Å²) in [4.78, 5) is 16.4. The van der Waals surface area contributed by atoms with Crippen LogP contribution in [0, 0.1) is 0 Å². The topological polar surface area (TPSA) is 62.6 Å². The SMILES string of the molecule is COC(=O)c1cnc2c(c1)c(B1OC(C)(C)C(C)(C)O1)cn2C(C)C. The van der Waals surface area contributed by atoms with Gasteiger partial charge in [-0.2, -0.15) is 0 Å². The molecule has 3 rings (SSSR count). The van der Waals surface area contributed by atoms with Gasteiger partial charge in [0.05, 0.1) is 23.9 Å². The molecule has 0 spiro atoms. The molecule has 6 nitrogen and oxygen atoms in total. The van der Waals surface area contributed by atoms with E-state index >= 15 is 0 Å². The molecule has 1 aliphatic rings. The van der Waals surface area contributed by atoms with Crippen LogP contribution >= 0.6 is 0 Å². The van der Waals surface area contributed by atoms with Gasteiger partial charge >= 0.3 is 13.1 Å². The molecule has 0 N–H and O–H groups in total. The van der Waals surface area contributed by atoms with Crippen molar-refractivity contribution in [3.05, 3.63) is 24.0 Å². The Labute approximate surface area is 148 Å². The van der Waals surface area contributed by atoms with Crippen LogP contribution in [0.2, 0.25) is 0 Å². The van der Waals surface area contributed by atoms with Crippen LogP contribution in [0.4, 0.5) is 0 Å². The summed E-state index contributed by atoms with van der Waals surface area (Å²) in [6.07, 6.45) is 3.55. The minimum atomic E-state index is -0.512. The molecule has 0 bridgehead atoms. The first-order valence-corrected chi connectivity index (χ1v) is 8.52. The number of methoxy groups -OCH3 is 1. The highest BCUT2D eigenvalue weighted by atomic mass is 16.7. The van der Waals surface area contributed by atoms with Crippen molar-refractivity contribution in [1.29, 1.82) is 0 Å². The monoisotopic (exact) mass is 344 g/mol. The summed E-state index contributed by atoms with van der Waals surface area (Å²) in [5.41, 5.74) is 1.22. The Bertz CT molecular complexity index is 810. The first kappa shape index (κ1) is 18.0. The Hall–Kier alpha value is -1.86. The number of hydrogen-bond acceptors (Lipinski definition) is 5. The van der Waals surface area contributed by atoms with Crippen molar-refractivity contribution in [3.8, 4) is 0 Å². The normalized spacial score (nSPS) is 19.0. The molecule has 0 aliphatic carbocycles. The van der Waals surface area contributed by atoms with E-state index in [1.54, 1.807) is 12.3 Å². The quantitative estimate of drug-likeness (QED) is 0.633. The van der Waals surface area contributed by atoms with E-state index in [9.17, 15) is 4.79 Å². The third kappa shape index (κ3) is 2.85. The average Bonchev–Trinajstić information content (AvgIpc) is 3.00. The highest BCUT2D eigenvalue weighted by Crippen LogP contribution is 2.37. The zero-order valence-corrected chi connectivity index (χ0v) is 15.9. The molecule has 134 valence electrons. The van der Waals surface area contributed by atoms with E-state index in [1.807, 2.05) is 33.9 Å². The number of ether oxygens (including phenoxy) is 1. The number of nitrogens with zero attached hydrogens (tertiary/aromatic N) is 2. The van der Waals surface area contributed by atoms with Gasteiger partial charge in [-0.15, -0.1) is 0 Å². The zero-order valence-electron chi connectivity index (χ0n) is 15.9. The fraction of sp³-hybridized carbons (Fsp3) is 0.556. The number of hydrogen-bond donors (Lipinski definition) is 0. The highest BCUT2D eigenvalue weighted by molar-refractivity contribution is 6.65. The van der Waals surface area contributed by atoms with Crippen molar-refractivity contribution in [3.63, 3.8) is 0 Å². The van der Waals surface area contributed by atoms with Crippen LogP contribution in [0.15, 0.2) is 18.5 Å². The highest BCUT2D eigenvalue weighted by Gasteiger charge is 2.52. The van der Waals surface area contributed by atoms with Gasteiger partial charge in [-0.3, -0.25) is 0 Å². The molecule has 2 aromatic rings. The minimum Gasteiger partial charge on any atom is -0.465 e. The molecule has 1 aliphatic heterocycles. The predicted octanol–water partition coefficient (Wildman–Crippen LogP) is 2.70. The van der Waals surface area contributed by atoms with Gasteiger partial charge in [0, 0.05) is 29.3 Å². The van der Waals surface area contributed by atoms with Gasteiger partial charge in [0.25, 0.3) is 0 Å². The summed E-state index contributed by atoms with van der Waals surface area (Å²) in [7, 11) is 0.850. The molecule has 25 heavy (non-hydrogen) atoms. The van der Waals surface area contributed by atoms with Crippen LogP contribution in [0.5, 0.6) is 0 Å². The van der Waals surface area contributed by atoms with Crippen molar-refractivity contribution >= 4 is 29.6 Å². The Morgan fingerprint density at radius 1 is 1.24 bits per heavy atom. The van der Waals surface area contributed by atoms with Crippen molar-refractivity contribution in [2.45, 2.75) is 58.8 Å². The summed E-state index contributed by atoms with van der Waals surface area (Å²) in [5, 5.41) is 0.843. The first-order chi connectivity index (χ1) is 11.6. The van der Waals surface area contributed by atoms with E-state index in [-0.39, 0.29) is 6.04 Å². The van der Waals surface area contributed by atoms with Gasteiger partial charge in [-0.1, -0.05) is 0 Å². The predicted molar refractivity (Wildman–Crippen MR) is 97.2 cm³/mol. The third-order valence-corrected chi connectivity index (χ3v) is 5.19. The molecule has 0 atom stereocenters. The van der Waals surface area contributed by atoms with Gasteiger partial charge in [0.2, 0.25) is 0 Å². The fourth-order valence-electron chi connectivity index (χ4n) is 2.94. The smallest absolute Gasteiger partial charge is 0.465 e. The van der Waals surface area contributed by atoms with Gasteiger partial charge < -0.3 is 18.6 Å². The van der Waals surface area contributed by atoms with E-state index in [0.717, 1.165) is 16.5 Å². The minimum absolute atomic E-state index is 0.218. The Morgan fingerprint density at radius 3 is 2.36 bits per heavy atom. The van der Waals surface area contributed by atoms with E-state index in [0.29, 0.717) is 5.56 Å². The molecular weight excluding hydrogens is 319 g/mol. The van der Waals surface area contributed by atoms with Gasteiger partial charge in [-0.05, 0) is 47.6 Å². The Kier molecular flexibility index (Phi) is 4.20. The summed E-state index contributed by atoms with van der Waals surface area (Å²) < 4.78 is 19.3. The lowest BCUT2D eigenvalue weighted by Crippen LogP contribution is -2.41. The molecule has 1 fully saturated rings.